The minimum Gasteiger partial charge on any atom is -0.355 e. The average molecular weight is 473 g/mol. The van der Waals surface area contributed by atoms with Gasteiger partial charge in [-0.2, -0.15) is 0 Å². The lowest BCUT2D eigenvalue weighted by Crippen LogP contribution is -2.35. The lowest BCUT2D eigenvalue weighted by atomic mass is 10.1. The van der Waals surface area contributed by atoms with E-state index in [1.54, 1.807) is 0 Å². The van der Waals surface area contributed by atoms with E-state index in [-0.39, 0.29) is 17.7 Å². The standard InChI is InChI=1S/C27H32N6O2/c1-17-14-21-22(15-18(17)2)30-24(29-21)8-9-26(34)33-13-11-19(16-33)27(35)28-12-10-25-31-20-6-4-5-7-23(20)32(25)3/h4-7,14-15,19H,8-13,16H2,1-3H3,(H,28,35)(H,29,30). The number of benzene rings is 2. The number of hydrogen-bond acceptors (Lipinski definition) is 4. The first-order chi connectivity index (χ1) is 16.9. The number of carbonyl (C=O) groups is 2. The Morgan fingerprint density at radius 2 is 1.89 bits per heavy atom. The predicted octanol–water partition coefficient (Wildman–Crippen LogP) is 3.21. The number of para-hydroxylation sites is 2. The summed E-state index contributed by atoms with van der Waals surface area (Å²) in [5, 5.41) is 3.04. The van der Waals surface area contributed by atoms with Crippen molar-refractivity contribution < 1.29 is 9.59 Å². The summed E-state index contributed by atoms with van der Waals surface area (Å²) in [5.41, 5.74) is 6.43. The first-order valence-electron chi connectivity index (χ1n) is 12.3. The van der Waals surface area contributed by atoms with Crippen LogP contribution >= 0.6 is 0 Å². The molecule has 1 aliphatic rings. The van der Waals surface area contributed by atoms with E-state index >= 15 is 0 Å². The maximum atomic E-state index is 12.8. The van der Waals surface area contributed by atoms with Gasteiger partial charge < -0.3 is 19.8 Å². The van der Waals surface area contributed by atoms with Crippen molar-refractivity contribution >= 4 is 33.9 Å². The van der Waals surface area contributed by atoms with E-state index < -0.39 is 0 Å². The number of H-pyrrole nitrogens is 1. The number of amides is 2. The zero-order valence-corrected chi connectivity index (χ0v) is 20.6. The summed E-state index contributed by atoms with van der Waals surface area (Å²) in [5.74, 6) is 1.71. The Bertz CT molecular complexity index is 1360. The van der Waals surface area contributed by atoms with Gasteiger partial charge in [0.05, 0.1) is 28.0 Å². The molecule has 1 atom stereocenters. The SMILES string of the molecule is Cc1cc2nc(CCC(=O)N3CCC(C(=O)NCCc4nc5ccccc5n4C)C3)[nH]c2cc1C. The van der Waals surface area contributed by atoms with Crippen molar-refractivity contribution in [3.63, 3.8) is 0 Å². The highest BCUT2D eigenvalue weighted by Crippen LogP contribution is 2.20. The molecular weight excluding hydrogens is 440 g/mol. The molecule has 0 saturated carbocycles. The van der Waals surface area contributed by atoms with Crippen LogP contribution < -0.4 is 5.32 Å². The molecule has 1 aliphatic heterocycles. The minimum atomic E-state index is -0.156. The van der Waals surface area contributed by atoms with Crippen LogP contribution in [0.25, 0.3) is 22.1 Å². The van der Waals surface area contributed by atoms with Gasteiger partial charge in [-0.3, -0.25) is 9.59 Å². The fraction of sp³-hybridized carbons (Fsp3) is 0.407. The summed E-state index contributed by atoms with van der Waals surface area (Å²) in [4.78, 5) is 39.9. The first-order valence-corrected chi connectivity index (χ1v) is 12.3. The number of imidazole rings is 2. The minimum absolute atomic E-state index is 0.0158. The molecule has 0 bridgehead atoms. The number of aromatic nitrogens is 4. The second kappa shape index (κ2) is 9.52. The van der Waals surface area contributed by atoms with Gasteiger partial charge in [-0.15, -0.1) is 0 Å². The molecule has 2 amide bonds. The van der Waals surface area contributed by atoms with Crippen LogP contribution in [0.4, 0.5) is 0 Å². The van der Waals surface area contributed by atoms with E-state index in [1.165, 1.54) is 11.1 Å². The van der Waals surface area contributed by atoms with Gasteiger partial charge >= 0.3 is 0 Å². The van der Waals surface area contributed by atoms with Crippen LogP contribution in [0.15, 0.2) is 36.4 Å². The molecule has 1 fully saturated rings. The normalized spacial score (nSPS) is 15.9. The molecular formula is C27H32N6O2. The number of nitrogens with zero attached hydrogens (tertiary/aromatic N) is 4. The quantitative estimate of drug-likeness (QED) is 0.432. The zero-order valence-electron chi connectivity index (χ0n) is 20.6. The maximum Gasteiger partial charge on any atom is 0.224 e. The number of hydrogen-bond donors (Lipinski definition) is 2. The van der Waals surface area contributed by atoms with Crippen molar-refractivity contribution in [3.8, 4) is 0 Å². The van der Waals surface area contributed by atoms with Crippen LogP contribution in [0, 0.1) is 19.8 Å². The summed E-state index contributed by atoms with van der Waals surface area (Å²) >= 11 is 0. The van der Waals surface area contributed by atoms with Crippen LogP contribution in [0.1, 0.15) is 35.6 Å². The maximum absolute atomic E-state index is 12.8. The summed E-state index contributed by atoms with van der Waals surface area (Å²) in [7, 11) is 2.00. The molecule has 182 valence electrons. The molecule has 2 aromatic carbocycles. The Kier molecular flexibility index (Phi) is 6.28. The van der Waals surface area contributed by atoms with Crippen LogP contribution in [-0.4, -0.2) is 55.9 Å². The molecule has 1 unspecified atom stereocenters. The fourth-order valence-electron chi connectivity index (χ4n) is 4.89. The second-order valence-corrected chi connectivity index (χ2v) is 9.58. The Balaban J connectivity index is 1.09. The Labute approximate surface area is 204 Å². The molecule has 8 heteroatoms. The topological polar surface area (TPSA) is 95.9 Å². The summed E-state index contributed by atoms with van der Waals surface area (Å²) in [6.45, 7) is 5.80. The van der Waals surface area contributed by atoms with E-state index in [4.69, 9.17) is 0 Å². The van der Waals surface area contributed by atoms with Crippen LogP contribution in [0.3, 0.4) is 0 Å². The number of nitrogens with one attached hydrogen (secondary N) is 2. The third kappa shape index (κ3) is 4.78. The lowest BCUT2D eigenvalue weighted by molar-refractivity contribution is -0.130. The number of aryl methyl sites for hydroxylation is 4. The van der Waals surface area contributed by atoms with Crippen LogP contribution in [0.5, 0.6) is 0 Å². The molecule has 1 saturated heterocycles. The highest BCUT2D eigenvalue weighted by molar-refractivity contribution is 5.82. The van der Waals surface area contributed by atoms with Gasteiger partial charge in [0.25, 0.3) is 0 Å². The van der Waals surface area contributed by atoms with E-state index in [0.717, 1.165) is 33.7 Å². The van der Waals surface area contributed by atoms with Gasteiger partial charge in [0.1, 0.15) is 11.6 Å². The monoisotopic (exact) mass is 472 g/mol. The summed E-state index contributed by atoms with van der Waals surface area (Å²) in [6.07, 6.45) is 2.33. The number of likely N-dealkylation sites (tertiary alicyclic amines) is 1. The molecule has 0 radical (unpaired) electrons. The van der Waals surface area contributed by atoms with Crippen molar-refractivity contribution in [2.24, 2.45) is 13.0 Å². The highest BCUT2D eigenvalue weighted by atomic mass is 16.2. The van der Waals surface area contributed by atoms with E-state index in [2.05, 4.69) is 50.8 Å². The highest BCUT2D eigenvalue weighted by Gasteiger charge is 2.30. The molecule has 2 aromatic heterocycles. The Hall–Kier alpha value is -3.68. The van der Waals surface area contributed by atoms with Gasteiger partial charge in [-0.25, -0.2) is 9.97 Å². The second-order valence-electron chi connectivity index (χ2n) is 9.58. The predicted molar refractivity (Wildman–Crippen MR) is 136 cm³/mol. The van der Waals surface area contributed by atoms with Crippen molar-refractivity contribution in [3.05, 3.63) is 59.2 Å². The van der Waals surface area contributed by atoms with Crippen LogP contribution in [0.2, 0.25) is 0 Å². The van der Waals surface area contributed by atoms with Gasteiger partial charge in [-0.1, -0.05) is 12.1 Å². The number of aromatic amines is 1. The van der Waals surface area contributed by atoms with Gasteiger partial charge in [0.2, 0.25) is 11.8 Å². The molecule has 8 nitrogen and oxygen atoms in total. The number of carbonyl (C=O) groups excluding carboxylic acids is 2. The summed E-state index contributed by atoms with van der Waals surface area (Å²) < 4.78 is 2.07. The van der Waals surface area contributed by atoms with Crippen LogP contribution in [-0.2, 0) is 29.5 Å². The molecule has 3 heterocycles. The van der Waals surface area contributed by atoms with Crippen molar-refractivity contribution in [1.29, 1.82) is 0 Å². The molecule has 5 rings (SSSR count). The third-order valence-corrected chi connectivity index (χ3v) is 7.16. The smallest absolute Gasteiger partial charge is 0.224 e. The molecule has 35 heavy (non-hydrogen) atoms. The molecule has 4 aromatic rings. The third-order valence-electron chi connectivity index (χ3n) is 7.16. The van der Waals surface area contributed by atoms with Gasteiger partial charge in [-0.05, 0) is 55.7 Å². The zero-order chi connectivity index (χ0) is 24.5. The van der Waals surface area contributed by atoms with E-state index in [1.807, 2.05) is 36.2 Å². The van der Waals surface area contributed by atoms with Gasteiger partial charge in [0, 0.05) is 45.9 Å². The van der Waals surface area contributed by atoms with E-state index in [9.17, 15) is 9.59 Å². The Morgan fingerprint density at radius 3 is 2.71 bits per heavy atom. The lowest BCUT2D eigenvalue weighted by Gasteiger charge is -2.16. The van der Waals surface area contributed by atoms with Crippen molar-refractivity contribution in [1.82, 2.24) is 29.7 Å². The van der Waals surface area contributed by atoms with Crippen molar-refractivity contribution in [2.75, 3.05) is 19.6 Å². The van der Waals surface area contributed by atoms with E-state index in [0.29, 0.717) is 45.3 Å². The molecule has 2 N–H and O–H groups in total. The Morgan fingerprint density at radius 1 is 1.09 bits per heavy atom. The van der Waals surface area contributed by atoms with Crippen molar-refractivity contribution in [2.45, 2.75) is 39.5 Å². The first kappa shape index (κ1) is 23.1. The average Bonchev–Trinajstić information content (AvgIpc) is 3.56. The fourth-order valence-corrected chi connectivity index (χ4v) is 4.89. The molecule has 0 spiro atoms. The summed E-state index contributed by atoms with van der Waals surface area (Å²) in [6, 6.07) is 12.2. The molecule has 0 aliphatic carbocycles. The largest absolute Gasteiger partial charge is 0.355 e. The van der Waals surface area contributed by atoms with Gasteiger partial charge in [0.15, 0.2) is 0 Å². The number of rotatable bonds is 7. The number of fused-ring (bicyclic) bond motifs is 2.